The van der Waals surface area contributed by atoms with Crippen molar-refractivity contribution in [2.75, 3.05) is 18.4 Å². The zero-order valence-electron chi connectivity index (χ0n) is 9.83. The summed E-state index contributed by atoms with van der Waals surface area (Å²) in [5.74, 6) is -0.483. The fourth-order valence-electron chi connectivity index (χ4n) is 2.04. The first kappa shape index (κ1) is 12.8. The molecule has 18 heavy (non-hydrogen) atoms. The smallest absolute Gasteiger partial charge is 0.323 e. The lowest BCUT2D eigenvalue weighted by molar-refractivity contribution is -0.137. The Balaban J connectivity index is 1.77. The molecule has 2 amide bonds. The van der Waals surface area contributed by atoms with E-state index in [9.17, 15) is 9.59 Å². The van der Waals surface area contributed by atoms with Gasteiger partial charge in [0.2, 0.25) is 0 Å². The molecular formula is C11H15N3O3S. The van der Waals surface area contributed by atoms with E-state index in [0.29, 0.717) is 30.6 Å². The molecule has 0 radical (unpaired) electrons. The van der Waals surface area contributed by atoms with E-state index in [1.165, 1.54) is 11.3 Å². The van der Waals surface area contributed by atoms with Crippen LogP contribution >= 0.6 is 11.3 Å². The molecule has 0 bridgehead atoms. The number of carboxylic acid groups (broad SMARTS) is 1. The number of likely N-dealkylation sites (tertiary alicyclic amines) is 1. The van der Waals surface area contributed by atoms with Crippen molar-refractivity contribution >= 4 is 28.5 Å². The number of amides is 2. The topological polar surface area (TPSA) is 82.5 Å². The highest BCUT2D eigenvalue weighted by Gasteiger charge is 2.26. The monoisotopic (exact) mass is 269 g/mol. The third kappa shape index (κ3) is 3.43. The minimum atomic E-state index is -0.777. The molecule has 1 saturated heterocycles. The standard InChI is InChI=1S/C11H15N3O3S/c15-9(16)2-1-8-3-5-14(7-8)11(17)13-10-12-4-6-18-10/h4,6,8H,1-3,5,7H2,(H,15,16)(H,12,13,17). The molecule has 1 atom stereocenters. The molecule has 1 aliphatic heterocycles. The molecule has 1 aliphatic rings. The molecule has 7 heteroatoms. The third-order valence-corrected chi connectivity index (χ3v) is 3.67. The number of aliphatic carboxylic acids is 1. The van der Waals surface area contributed by atoms with Crippen LogP contribution in [-0.2, 0) is 4.79 Å². The third-order valence-electron chi connectivity index (χ3n) is 2.99. The molecule has 1 aromatic heterocycles. The van der Waals surface area contributed by atoms with Crippen LogP contribution in [0.3, 0.4) is 0 Å². The Hall–Kier alpha value is -1.63. The number of aromatic nitrogens is 1. The summed E-state index contributed by atoms with van der Waals surface area (Å²) in [5, 5.41) is 13.7. The number of hydrogen-bond donors (Lipinski definition) is 2. The van der Waals surface area contributed by atoms with Gasteiger partial charge in [-0.2, -0.15) is 0 Å². The molecule has 0 aliphatic carbocycles. The van der Waals surface area contributed by atoms with Crippen LogP contribution in [0.5, 0.6) is 0 Å². The number of anilines is 1. The van der Waals surface area contributed by atoms with Gasteiger partial charge >= 0.3 is 12.0 Å². The Labute approximate surface area is 109 Å². The predicted octanol–water partition coefficient (Wildman–Crippen LogP) is 1.86. The summed E-state index contributed by atoms with van der Waals surface area (Å²) in [7, 11) is 0. The van der Waals surface area contributed by atoms with Crippen molar-refractivity contribution < 1.29 is 14.7 Å². The number of urea groups is 1. The van der Waals surface area contributed by atoms with Crippen molar-refractivity contribution in [1.29, 1.82) is 0 Å². The predicted molar refractivity (Wildman–Crippen MR) is 67.7 cm³/mol. The van der Waals surface area contributed by atoms with Gasteiger partial charge in [0.25, 0.3) is 0 Å². The van der Waals surface area contributed by atoms with E-state index in [1.54, 1.807) is 16.5 Å². The number of rotatable bonds is 4. The Bertz CT molecular complexity index is 421. The number of carboxylic acids is 1. The Morgan fingerprint density at radius 3 is 3.11 bits per heavy atom. The molecule has 1 aromatic rings. The molecule has 2 heterocycles. The van der Waals surface area contributed by atoms with Gasteiger partial charge in [-0.05, 0) is 18.8 Å². The maximum Gasteiger partial charge on any atom is 0.323 e. The second-order valence-corrected chi connectivity index (χ2v) is 5.20. The second-order valence-electron chi connectivity index (χ2n) is 4.30. The lowest BCUT2D eigenvalue weighted by Crippen LogP contribution is -2.33. The van der Waals surface area contributed by atoms with Crippen molar-refractivity contribution in [3.8, 4) is 0 Å². The number of nitrogens with one attached hydrogen (secondary N) is 1. The number of nitrogens with zero attached hydrogens (tertiary/aromatic N) is 2. The summed E-state index contributed by atoms with van der Waals surface area (Å²) in [4.78, 5) is 28.0. The fraction of sp³-hybridized carbons (Fsp3) is 0.545. The van der Waals surface area contributed by atoms with E-state index in [1.807, 2.05) is 0 Å². The Kier molecular flexibility index (Phi) is 4.14. The number of hydrogen-bond acceptors (Lipinski definition) is 4. The maximum atomic E-state index is 11.9. The van der Waals surface area contributed by atoms with Crippen LogP contribution in [0, 0.1) is 5.92 Å². The molecule has 2 rings (SSSR count). The number of carbonyl (C=O) groups excluding carboxylic acids is 1. The zero-order chi connectivity index (χ0) is 13.0. The largest absolute Gasteiger partial charge is 0.481 e. The summed E-state index contributed by atoms with van der Waals surface area (Å²) < 4.78 is 0. The lowest BCUT2D eigenvalue weighted by atomic mass is 10.0. The first-order chi connectivity index (χ1) is 8.65. The normalized spacial score (nSPS) is 18.9. The van der Waals surface area contributed by atoms with Gasteiger partial charge in [0.1, 0.15) is 0 Å². The SMILES string of the molecule is O=C(O)CCC1CCN(C(=O)Nc2nccs2)C1. The molecule has 0 saturated carbocycles. The summed E-state index contributed by atoms with van der Waals surface area (Å²) in [6.07, 6.45) is 3.32. The number of carbonyl (C=O) groups is 2. The first-order valence-electron chi connectivity index (χ1n) is 5.82. The van der Waals surface area contributed by atoms with E-state index >= 15 is 0 Å². The summed E-state index contributed by atoms with van der Waals surface area (Å²) in [6.45, 7) is 1.31. The molecule has 98 valence electrons. The van der Waals surface area contributed by atoms with Crippen LogP contribution in [0.1, 0.15) is 19.3 Å². The van der Waals surface area contributed by atoms with Crippen LogP contribution in [0.4, 0.5) is 9.93 Å². The number of thiazole rings is 1. The van der Waals surface area contributed by atoms with Crippen LogP contribution < -0.4 is 5.32 Å². The van der Waals surface area contributed by atoms with Crippen molar-refractivity contribution in [3.05, 3.63) is 11.6 Å². The average molecular weight is 269 g/mol. The minimum Gasteiger partial charge on any atom is -0.481 e. The average Bonchev–Trinajstić information content (AvgIpc) is 2.96. The Morgan fingerprint density at radius 1 is 1.61 bits per heavy atom. The molecule has 2 N–H and O–H groups in total. The molecule has 6 nitrogen and oxygen atoms in total. The van der Waals surface area contributed by atoms with Crippen LogP contribution in [0.25, 0.3) is 0 Å². The van der Waals surface area contributed by atoms with E-state index in [4.69, 9.17) is 5.11 Å². The van der Waals surface area contributed by atoms with Gasteiger partial charge in [-0.1, -0.05) is 0 Å². The molecule has 0 aromatic carbocycles. The van der Waals surface area contributed by atoms with E-state index in [2.05, 4.69) is 10.3 Å². The summed E-state index contributed by atoms with van der Waals surface area (Å²) >= 11 is 1.38. The Morgan fingerprint density at radius 2 is 2.44 bits per heavy atom. The molecular weight excluding hydrogens is 254 g/mol. The molecule has 1 unspecified atom stereocenters. The molecule has 1 fully saturated rings. The van der Waals surface area contributed by atoms with Crippen LogP contribution in [0.2, 0.25) is 0 Å². The van der Waals surface area contributed by atoms with Crippen LogP contribution in [-0.4, -0.2) is 40.1 Å². The van der Waals surface area contributed by atoms with Gasteiger partial charge in [0.15, 0.2) is 5.13 Å². The van der Waals surface area contributed by atoms with Crippen molar-refractivity contribution in [3.63, 3.8) is 0 Å². The van der Waals surface area contributed by atoms with Gasteiger partial charge in [-0.25, -0.2) is 9.78 Å². The molecule has 0 spiro atoms. The van der Waals surface area contributed by atoms with Gasteiger partial charge in [-0.15, -0.1) is 11.3 Å². The zero-order valence-corrected chi connectivity index (χ0v) is 10.7. The van der Waals surface area contributed by atoms with Crippen molar-refractivity contribution in [2.45, 2.75) is 19.3 Å². The highest BCUT2D eigenvalue weighted by Crippen LogP contribution is 2.22. The second kappa shape index (κ2) is 5.81. The highest BCUT2D eigenvalue weighted by atomic mass is 32.1. The minimum absolute atomic E-state index is 0.150. The quantitative estimate of drug-likeness (QED) is 0.874. The summed E-state index contributed by atoms with van der Waals surface area (Å²) in [5.41, 5.74) is 0. The highest BCUT2D eigenvalue weighted by molar-refractivity contribution is 7.13. The van der Waals surface area contributed by atoms with Gasteiger partial charge in [-0.3, -0.25) is 10.1 Å². The van der Waals surface area contributed by atoms with Crippen LogP contribution in [0.15, 0.2) is 11.6 Å². The van der Waals surface area contributed by atoms with Gasteiger partial charge in [0, 0.05) is 31.1 Å². The fourth-order valence-corrected chi connectivity index (χ4v) is 2.55. The van der Waals surface area contributed by atoms with E-state index in [-0.39, 0.29) is 12.5 Å². The van der Waals surface area contributed by atoms with Gasteiger partial charge in [0.05, 0.1) is 0 Å². The van der Waals surface area contributed by atoms with Crippen molar-refractivity contribution in [1.82, 2.24) is 9.88 Å². The van der Waals surface area contributed by atoms with Gasteiger partial charge < -0.3 is 10.0 Å². The lowest BCUT2D eigenvalue weighted by Gasteiger charge is -2.16. The van der Waals surface area contributed by atoms with E-state index < -0.39 is 5.97 Å². The van der Waals surface area contributed by atoms with E-state index in [0.717, 1.165) is 6.42 Å². The van der Waals surface area contributed by atoms with Crippen molar-refractivity contribution in [2.24, 2.45) is 5.92 Å². The first-order valence-corrected chi connectivity index (χ1v) is 6.70. The summed E-state index contributed by atoms with van der Waals surface area (Å²) in [6, 6.07) is -0.150. The maximum absolute atomic E-state index is 11.9.